The average molecular weight is 300 g/mol. The third kappa shape index (κ3) is 2.95. The maximum absolute atomic E-state index is 9.53. The van der Waals surface area contributed by atoms with Crippen molar-refractivity contribution in [3.05, 3.63) is 42.0 Å². The fourth-order valence-electron chi connectivity index (χ4n) is 3.42. The van der Waals surface area contributed by atoms with Gasteiger partial charge in [-0.3, -0.25) is 4.90 Å². The molecule has 1 atom stereocenters. The van der Waals surface area contributed by atoms with Crippen molar-refractivity contribution in [3.8, 4) is 5.75 Å². The quantitative estimate of drug-likeness (QED) is 0.908. The number of hydrogen-bond acceptors (Lipinski definition) is 4. The molecule has 118 valence electrons. The molecule has 0 aromatic heterocycles. The minimum atomic E-state index is -0.476. The van der Waals surface area contributed by atoms with E-state index >= 15 is 0 Å². The molecule has 1 aliphatic heterocycles. The Balaban J connectivity index is 1.92. The van der Waals surface area contributed by atoms with Gasteiger partial charge in [0.2, 0.25) is 0 Å². The molecular formula is C18H24N2O2. The molecule has 1 fully saturated rings. The summed E-state index contributed by atoms with van der Waals surface area (Å²) in [5.74, 6) is 0.913. The molecular weight excluding hydrogens is 276 g/mol. The Bertz CT molecular complexity index is 659. The number of nitrogens with zero attached hydrogens (tertiary/aromatic N) is 1. The van der Waals surface area contributed by atoms with Gasteiger partial charge in [0.25, 0.3) is 0 Å². The second-order valence-corrected chi connectivity index (χ2v) is 6.30. The van der Waals surface area contributed by atoms with Crippen LogP contribution in [0, 0.1) is 0 Å². The Morgan fingerprint density at radius 2 is 2.09 bits per heavy atom. The predicted octanol–water partition coefficient (Wildman–Crippen LogP) is 2.13. The monoisotopic (exact) mass is 300 g/mol. The molecule has 1 heterocycles. The van der Waals surface area contributed by atoms with Crippen molar-refractivity contribution in [1.29, 1.82) is 0 Å². The van der Waals surface area contributed by atoms with Crippen LogP contribution < -0.4 is 10.5 Å². The van der Waals surface area contributed by atoms with Crippen molar-refractivity contribution in [2.45, 2.75) is 24.9 Å². The highest BCUT2D eigenvalue weighted by Gasteiger charge is 2.31. The van der Waals surface area contributed by atoms with E-state index in [0.29, 0.717) is 0 Å². The number of aliphatic hydroxyl groups excluding tert-OH is 1. The van der Waals surface area contributed by atoms with Crippen LogP contribution in [0.1, 0.15) is 18.4 Å². The molecule has 2 aromatic carbocycles. The Kier molecular flexibility index (Phi) is 4.34. The zero-order valence-corrected chi connectivity index (χ0v) is 13.1. The molecule has 0 amide bonds. The van der Waals surface area contributed by atoms with Gasteiger partial charge in [-0.1, -0.05) is 30.3 Å². The number of hydrogen-bond donors (Lipinski definition) is 2. The summed E-state index contributed by atoms with van der Waals surface area (Å²) in [6.45, 7) is 2.56. The highest BCUT2D eigenvalue weighted by Crippen LogP contribution is 2.30. The molecule has 0 radical (unpaired) electrons. The summed E-state index contributed by atoms with van der Waals surface area (Å²) < 4.78 is 5.57. The third-order valence-corrected chi connectivity index (χ3v) is 4.60. The van der Waals surface area contributed by atoms with E-state index in [0.717, 1.165) is 38.2 Å². The number of benzene rings is 2. The van der Waals surface area contributed by atoms with Crippen molar-refractivity contribution in [1.82, 2.24) is 4.90 Å². The van der Waals surface area contributed by atoms with Crippen LogP contribution in [0.2, 0.25) is 0 Å². The van der Waals surface area contributed by atoms with E-state index in [-0.39, 0.29) is 6.61 Å². The lowest BCUT2D eigenvalue weighted by Gasteiger charge is -2.39. The van der Waals surface area contributed by atoms with Crippen LogP contribution in [-0.4, -0.2) is 42.4 Å². The van der Waals surface area contributed by atoms with Gasteiger partial charge < -0.3 is 15.6 Å². The SMILES string of the molecule is COc1ccc2ccccc2c1CN1CCCC(N)(CO)C1. The highest BCUT2D eigenvalue weighted by molar-refractivity contribution is 5.87. The first kappa shape index (κ1) is 15.3. The van der Waals surface area contributed by atoms with Crippen LogP contribution >= 0.6 is 0 Å². The van der Waals surface area contributed by atoms with Gasteiger partial charge in [0.05, 0.1) is 19.3 Å². The Morgan fingerprint density at radius 1 is 1.27 bits per heavy atom. The molecule has 1 unspecified atom stereocenters. The summed E-state index contributed by atoms with van der Waals surface area (Å²) in [7, 11) is 1.71. The molecule has 3 N–H and O–H groups in total. The van der Waals surface area contributed by atoms with E-state index < -0.39 is 5.54 Å². The van der Waals surface area contributed by atoms with Crippen LogP contribution in [0.4, 0.5) is 0 Å². The Hall–Kier alpha value is -1.62. The summed E-state index contributed by atoms with van der Waals surface area (Å²) in [5.41, 5.74) is 6.98. The van der Waals surface area contributed by atoms with Crippen molar-refractivity contribution >= 4 is 10.8 Å². The number of aliphatic hydroxyl groups is 1. The van der Waals surface area contributed by atoms with E-state index in [1.54, 1.807) is 7.11 Å². The van der Waals surface area contributed by atoms with Gasteiger partial charge in [-0.05, 0) is 36.2 Å². The number of nitrogens with two attached hydrogens (primary N) is 1. The van der Waals surface area contributed by atoms with E-state index in [1.165, 1.54) is 16.3 Å². The number of ether oxygens (including phenoxy) is 1. The predicted molar refractivity (Wildman–Crippen MR) is 89.0 cm³/mol. The lowest BCUT2D eigenvalue weighted by Crippen LogP contribution is -2.56. The summed E-state index contributed by atoms with van der Waals surface area (Å²) in [6, 6.07) is 12.5. The van der Waals surface area contributed by atoms with Gasteiger partial charge in [0.15, 0.2) is 0 Å². The van der Waals surface area contributed by atoms with Crippen molar-refractivity contribution < 1.29 is 9.84 Å². The fourth-order valence-corrected chi connectivity index (χ4v) is 3.42. The number of piperidine rings is 1. The summed E-state index contributed by atoms with van der Waals surface area (Å²) in [4.78, 5) is 2.32. The lowest BCUT2D eigenvalue weighted by atomic mass is 9.90. The summed E-state index contributed by atoms with van der Waals surface area (Å²) >= 11 is 0. The van der Waals surface area contributed by atoms with Crippen molar-refractivity contribution in [3.63, 3.8) is 0 Å². The summed E-state index contributed by atoms with van der Waals surface area (Å²) in [6.07, 6.45) is 1.90. The van der Waals surface area contributed by atoms with Gasteiger partial charge in [-0.15, -0.1) is 0 Å². The van der Waals surface area contributed by atoms with E-state index in [4.69, 9.17) is 10.5 Å². The van der Waals surface area contributed by atoms with E-state index in [9.17, 15) is 5.11 Å². The zero-order chi connectivity index (χ0) is 15.6. The maximum atomic E-state index is 9.53. The van der Waals surface area contributed by atoms with Crippen molar-refractivity contribution in [2.75, 3.05) is 26.8 Å². The van der Waals surface area contributed by atoms with E-state index in [1.807, 2.05) is 6.07 Å². The zero-order valence-electron chi connectivity index (χ0n) is 13.1. The topological polar surface area (TPSA) is 58.7 Å². The normalized spacial score (nSPS) is 22.9. The number of likely N-dealkylation sites (tertiary alicyclic amines) is 1. The molecule has 0 saturated carbocycles. The van der Waals surface area contributed by atoms with Gasteiger partial charge in [0.1, 0.15) is 5.75 Å². The molecule has 2 aromatic rings. The fraction of sp³-hybridized carbons (Fsp3) is 0.444. The largest absolute Gasteiger partial charge is 0.496 e. The highest BCUT2D eigenvalue weighted by atomic mass is 16.5. The van der Waals surface area contributed by atoms with Crippen molar-refractivity contribution in [2.24, 2.45) is 5.73 Å². The van der Waals surface area contributed by atoms with E-state index in [2.05, 4.69) is 35.2 Å². The molecule has 1 saturated heterocycles. The molecule has 22 heavy (non-hydrogen) atoms. The van der Waals surface area contributed by atoms with Gasteiger partial charge in [-0.2, -0.15) is 0 Å². The Labute approximate surface area is 131 Å². The first-order valence-corrected chi connectivity index (χ1v) is 7.82. The van der Waals surface area contributed by atoms with Gasteiger partial charge >= 0.3 is 0 Å². The number of fused-ring (bicyclic) bond motifs is 1. The van der Waals surface area contributed by atoms with Crippen LogP contribution in [0.5, 0.6) is 5.75 Å². The second-order valence-electron chi connectivity index (χ2n) is 6.30. The molecule has 0 bridgehead atoms. The smallest absolute Gasteiger partial charge is 0.123 e. The number of rotatable bonds is 4. The van der Waals surface area contributed by atoms with Crippen LogP contribution in [0.25, 0.3) is 10.8 Å². The Morgan fingerprint density at radius 3 is 2.86 bits per heavy atom. The molecule has 1 aliphatic rings. The maximum Gasteiger partial charge on any atom is 0.123 e. The minimum absolute atomic E-state index is 0.0379. The standard InChI is InChI=1S/C18H24N2O2/c1-22-17-8-7-14-5-2-3-6-15(14)16(17)11-20-10-4-9-18(19,12-20)13-21/h2-3,5-8,21H,4,9-13,19H2,1H3. The molecule has 4 heteroatoms. The van der Waals surface area contributed by atoms with Crippen LogP contribution in [0.15, 0.2) is 36.4 Å². The average Bonchev–Trinajstić information content (AvgIpc) is 2.55. The number of methoxy groups -OCH3 is 1. The second kappa shape index (κ2) is 6.24. The lowest BCUT2D eigenvalue weighted by molar-refractivity contribution is 0.0899. The molecule has 0 spiro atoms. The van der Waals surface area contributed by atoms with Gasteiger partial charge in [-0.25, -0.2) is 0 Å². The summed E-state index contributed by atoms with van der Waals surface area (Å²) in [5, 5.41) is 12.0. The van der Waals surface area contributed by atoms with Crippen LogP contribution in [-0.2, 0) is 6.54 Å². The molecule has 4 nitrogen and oxygen atoms in total. The molecule has 0 aliphatic carbocycles. The molecule has 3 rings (SSSR count). The first-order valence-electron chi connectivity index (χ1n) is 7.82. The minimum Gasteiger partial charge on any atom is -0.496 e. The first-order chi connectivity index (χ1) is 10.6. The van der Waals surface area contributed by atoms with Gasteiger partial charge in [0, 0.05) is 18.7 Å². The van der Waals surface area contributed by atoms with Crippen LogP contribution in [0.3, 0.4) is 0 Å². The third-order valence-electron chi connectivity index (χ3n) is 4.60.